The minimum Gasteiger partial charge on any atom is -0.325 e. The van der Waals surface area contributed by atoms with Gasteiger partial charge >= 0.3 is 0 Å². The van der Waals surface area contributed by atoms with Crippen molar-refractivity contribution in [2.45, 2.75) is 19.8 Å². The topological polar surface area (TPSA) is 46.2 Å². The standard InChI is InChI=1S/C17H15Cl2NO2/c1-11-5-7-12(8-6-11)15(21)9-10-16(22)20-14-4-2-3-13(18)17(14)19/h2-8H,9-10H2,1H3,(H,20,22). The number of Topliss-reactive ketones (excluding diaryl/α,β-unsaturated/α-hetero) is 1. The lowest BCUT2D eigenvalue weighted by Gasteiger charge is -2.08. The summed E-state index contributed by atoms with van der Waals surface area (Å²) < 4.78 is 0. The molecule has 0 aliphatic carbocycles. The zero-order valence-electron chi connectivity index (χ0n) is 12.0. The first-order valence-electron chi connectivity index (χ1n) is 6.81. The number of ketones is 1. The van der Waals surface area contributed by atoms with E-state index in [-0.39, 0.29) is 24.5 Å². The summed E-state index contributed by atoms with van der Waals surface area (Å²) in [4.78, 5) is 23.9. The molecule has 5 heteroatoms. The fraction of sp³-hybridized carbons (Fsp3) is 0.176. The number of hydrogen-bond donors (Lipinski definition) is 1. The monoisotopic (exact) mass is 335 g/mol. The molecule has 0 aliphatic heterocycles. The van der Waals surface area contributed by atoms with E-state index < -0.39 is 0 Å². The smallest absolute Gasteiger partial charge is 0.224 e. The van der Waals surface area contributed by atoms with Crippen LogP contribution in [0.1, 0.15) is 28.8 Å². The minimum atomic E-state index is -0.273. The number of carbonyl (C=O) groups excluding carboxylic acids is 2. The minimum absolute atomic E-state index is 0.0626. The largest absolute Gasteiger partial charge is 0.325 e. The fourth-order valence-electron chi connectivity index (χ4n) is 1.92. The molecule has 0 radical (unpaired) electrons. The Bertz CT molecular complexity index is 696. The maximum absolute atomic E-state index is 12.0. The third kappa shape index (κ3) is 4.33. The molecule has 0 unspecified atom stereocenters. The van der Waals surface area contributed by atoms with Crippen LogP contribution in [0.15, 0.2) is 42.5 Å². The van der Waals surface area contributed by atoms with Crippen molar-refractivity contribution in [1.82, 2.24) is 0 Å². The summed E-state index contributed by atoms with van der Waals surface area (Å²) >= 11 is 11.9. The summed E-state index contributed by atoms with van der Waals surface area (Å²) in [6, 6.07) is 12.3. The van der Waals surface area contributed by atoms with Crippen molar-refractivity contribution in [3.8, 4) is 0 Å². The van der Waals surface area contributed by atoms with Crippen LogP contribution in [0, 0.1) is 6.92 Å². The highest BCUT2D eigenvalue weighted by Gasteiger charge is 2.11. The molecule has 0 saturated heterocycles. The number of benzene rings is 2. The lowest BCUT2D eigenvalue weighted by atomic mass is 10.0. The van der Waals surface area contributed by atoms with Crippen molar-refractivity contribution >= 4 is 40.6 Å². The Balaban J connectivity index is 1.91. The van der Waals surface area contributed by atoms with E-state index in [2.05, 4.69) is 5.32 Å². The number of anilines is 1. The summed E-state index contributed by atoms with van der Waals surface area (Å²) in [5, 5.41) is 3.32. The highest BCUT2D eigenvalue weighted by Crippen LogP contribution is 2.29. The van der Waals surface area contributed by atoms with Crippen molar-refractivity contribution in [2.75, 3.05) is 5.32 Å². The molecule has 0 saturated carbocycles. The molecule has 0 aromatic heterocycles. The first-order valence-corrected chi connectivity index (χ1v) is 7.56. The zero-order chi connectivity index (χ0) is 16.1. The summed E-state index contributed by atoms with van der Waals surface area (Å²) in [5.41, 5.74) is 2.14. The summed E-state index contributed by atoms with van der Waals surface area (Å²) in [6.07, 6.45) is 0.239. The van der Waals surface area contributed by atoms with E-state index in [1.165, 1.54) is 0 Å². The average molecular weight is 336 g/mol. The van der Waals surface area contributed by atoms with Gasteiger partial charge in [-0.1, -0.05) is 59.1 Å². The van der Waals surface area contributed by atoms with Gasteiger partial charge in [0.15, 0.2) is 5.78 Å². The molecule has 1 amide bonds. The summed E-state index contributed by atoms with van der Waals surface area (Å²) in [6.45, 7) is 1.95. The Kier molecular flexibility index (Phi) is 5.58. The highest BCUT2D eigenvalue weighted by molar-refractivity contribution is 6.44. The summed E-state index contributed by atoms with van der Waals surface area (Å²) in [5.74, 6) is -0.336. The van der Waals surface area contributed by atoms with Crippen LogP contribution in [0.3, 0.4) is 0 Å². The van der Waals surface area contributed by atoms with E-state index in [1.54, 1.807) is 30.3 Å². The molecule has 0 spiro atoms. The van der Waals surface area contributed by atoms with E-state index in [0.29, 0.717) is 21.3 Å². The zero-order valence-corrected chi connectivity index (χ0v) is 13.5. The van der Waals surface area contributed by atoms with Crippen molar-refractivity contribution in [2.24, 2.45) is 0 Å². The van der Waals surface area contributed by atoms with Crippen LogP contribution in [-0.2, 0) is 4.79 Å². The maximum Gasteiger partial charge on any atom is 0.224 e. The first-order chi connectivity index (χ1) is 10.5. The van der Waals surface area contributed by atoms with E-state index in [9.17, 15) is 9.59 Å². The van der Waals surface area contributed by atoms with Gasteiger partial charge in [-0.25, -0.2) is 0 Å². The highest BCUT2D eigenvalue weighted by atomic mass is 35.5. The predicted molar refractivity (Wildman–Crippen MR) is 89.8 cm³/mol. The van der Waals surface area contributed by atoms with E-state index >= 15 is 0 Å². The van der Waals surface area contributed by atoms with Gasteiger partial charge in [-0.15, -0.1) is 0 Å². The maximum atomic E-state index is 12.0. The lowest BCUT2D eigenvalue weighted by molar-refractivity contribution is -0.116. The van der Waals surface area contributed by atoms with E-state index in [4.69, 9.17) is 23.2 Å². The molecule has 2 rings (SSSR count). The lowest BCUT2D eigenvalue weighted by Crippen LogP contribution is -2.13. The molecular weight excluding hydrogens is 321 g/mol. The third-order valence-corrected chi connectivity index (χ3v) is 4.00. The molecule has 0 atom stereocenters. The number of halogens is 2. The van der Waals surface area contributed by atoms with Crippen LogP contribution in [0.25, 0.3) is 0 Å². The molecule has 0 bridgehead atoms. The number of aryl methyl sites for hydroxylation is 1. The Morgan fingerprint density at radius 1 is 1.00 bits per heavy atom. The Hall–Kier alpha value is -1.84. The SMILES string of the molecule is Cc1ccc(C(=O)CCC(=O)Nc2cccc(Cl)c2Cl)cc1. The van der Waals surface area contributed by atoms with Crippen molar-refractivity contribution in [1.29, 1.82) is 0 Å². The van der Waals surface area contributed by atoms with Gasteiger partial charge in [-0.3, -0.25) is 9.59 Å². The molecule has 1 N–H and O–H groups in total. The van der Waals surface area contributed by atoms with Gasteiger partial charge in [-0.05, 0) is 19.1 Å². The molecule has 0 fully saturated rings. The number of rotatable bonds is 5. The molecule has 2 aromatic carbocycles. The average Bonchev–Trinajstić information content (AvgIpc) is 2.50. The molecular formula is C17H15Cl2NO2. The van der Waals surface area contributed by atoms with Gasteiger partial charge in [0.25, 0.3) is 0 Å². The molecule has 0 heterocycles. The quantitative estimate of drug-likeness (QED) is 0.789. The second-order valence-corrected chi connectivity index (χ2v) is 5.72. The van der Waals surface area contributed by atoms with Crippen LogP contribution in [0.4, 0.5) is 5.69 Å². The second kappa shape index (κ2) is 7.43. The number of nitrogens with one attached hydrogen (secondary N) is 1. The van der Waals surface area contributed by atoms with Gasteiger partial charge in [0.2, 0.25) is 5.91 Å². The van der Waals surface area contributed by atoms with Gasteiger partial charge in [0, 0.05) is 18.4 Å². The van der Waals surface area contributed by atoms with Crippen molar-refractivity contribution in [3.05, 3.63) is 63.6 Å². The van der Waals surface area contributed by atoms with Crippen LogP contribution in [0.2, 0.25) is 10.0 Å². The van der Waals surface area contributed by atoms with Crippen LogP contribution < -0.4 is 5.32 Å². The number of amides is 1. The van der Waals surface area contributed by atoms with Gasteiger partial charge in [0.05, 0.1) is 15.7 Å². The van der Waals surface area contributed by atoms with E-state index in [0.717, 1.165) is 5.56 Å². The van der Waals surface area contributed by atoms with Crippen LogP contribution in [0.5, 0.6) is 0 Å². The first kappa shape index (κ1) is 16.5. The van der Waals surface area contributed by atoms with Crippen LogP contribution >= 0.6 is 23.2 Å². The van der Waals surface area contributed by atoms with Crippen LogP contribution in [-0.4, -0.2) is 11.7 Å². The van der Waals surface area contributed by atoms with Gasteiger partial charge in [-0.2, -0.15) is 0 Å². The van der Waals surface area contributed by atoms with Crippen molar-refractivity contribution in [3.63, 3.8) is 0 Å². The van der Waals surface area contributed by atoms with Gasteiger partial charge < -0.3 is 5.32 Å². The summed E-state index contributed by atoms with van der Waals surface area (Å²) in [7, 11) is 0. The van der Waals surface area contributed by atoms with E-state index in [1.807, 2.05) is 19.1 Å². The number of carbonyl (C=O) groups is 2. The van der Waals surface area contributed by atoms with Crippen molar-refractivity contribution < 1.29 is 9.59 Å². The Morgan fingerprint density at radius 3 is 2.36 bits per heavy atom. The molecule has 0 aliphatic rings. The fourth-order valence-corrected chi connectivity index (χ4v) is 2.27. The molecule has 114 valence electrons. The third-order valence-electron chi connectivity index (χ3n) is 3.18. The second-order valence-electron chi connectivity index (χ2n) is 4.94. The normalized spacial score (nSPS) is 10.3. The molecule has 2 aromatic rings. The molecule has 3 nitrogen and oxygen atoms in total. The Morgan fingerprint density at radius 2 is 1.68 bits per heavy atom. The van der Waals surface area contributed by atoms with Gasteiger partial charge in [0.1, 0.15) is 0 Å². The Labute approximate surface area is 139 Å². The predicted octanol–water partition coefficient (Wildman–Crippen LogP) is 4.90. The molecule has 22 heavy (non-hydrogen) atoms. The number of hydrogen-bond acceptors (Lipinski definition) is 2.